The number of carbonyl (C=O) groups is 1. The van der Waals surface area contributed by atoms with Gasteiger partial charge >= 0.3 is 0 Å². The van der Waals surface area contributed by atoms with Crippen LogP contribution in [-0.4, -0.2) is 22.8 Å². The van der Waals surface area contributed by atoms with Crippen molar-refractivity contribution in [2.24, 2.45) is 0 Å². The predicted molar refractivity (Wildman–Crippen MR) is 69.1 cm³/mol. The molecule has 0 atom stereocenters. The first-order valence-corrected chi connectivity index (χ1v) is 6.23. The molecule has 18 heavy (non-hydrogen) atoms. The zero-order valence-corrected chi connectivity index (χ0v) is 10.6. The Balaban J connectivity index is 2.13. The lowest BCUT2D eigenvalue weighted by Crippen LogP contribution is -2.26. The Hall–Kier alpha value is -2.19. The lowest BCUT2D eigenvalue weighted by atomic mass is 10.3. The molecule has 2 heterocycles. The minimum Gasteiger partial charge on any atom is -0.335 e. The smallest absolute Gasteiger partial charge is 0.272 e. The summed E-state index contributed by atoms with van der Waals surface area (Å²) in [6, 6.07) is 10.7. The number of hydrogen-bond donors (Lipinski definition) is 0. The van der Waals surface area contributed by atoms with Crippen molar-refractivity contribution in [1.82, 2.24) is 9.88 Å². The van der Waals surface area contributed by atoms with E-state index in [2.05, 4.69) is 4.98 Å². The SMILES string of the molecule is CN(Cc1cccs1)C(=O)c1cccc(C#N)n1. The Morgan fingerprint density at radius 3 is 2.94 bits per heavy atom. The Morgan fingerprint density at radius 1 is 1.44 bits per heavy atom. The average Bonchev–Trinajstić information content (AvgIpc) is 2.90. The van der Waals surface area contributed by atoms with Gasteiger partial charge < -0.3 is 4.90 Å². The largest absolute Gasteiger partial charge is 0.335 e. The van der Waals surface area contributed by atoms with Crippen LogP contribution < -0.4 is 0 Å². The van der Waals surface area contributed by atoms with Crippen LogP contribution in [0.3, 0.4) is 0 Å². The minimum atomic E-state index is -0.180. The van der Waals surface area contributed by atoms with Gasteiger partial charge in [-0.05, 0) is 23.6 Å². The maximum Gasteiger partial charge on any atom is 0.272 e. The van der Waals surface area contributed by atoms with Crippen LogP contribution in [0.15, 0.2) is 35.7 Å². The second kappa shape index (κ2) is 5.43. The van der Waals surface area contributed by atoms with E-state index in [-0.39, 0.29) is 11.6 Å². The summed E-state index contributed by atoms with van der Waals surface area (Å²) in [5.74, 6) is -0.180. The number of nitrogens with zero attached hydrogens (tertiary/aromatic N) is 3. The number of pyridine rings is 1. The van der Waals surface area contributed by atoms with Gasteiger partial charge in [0.05, 0.1) is 6.54 Å². The molecule has 0 spiro atoms. The summed E-state index contributed by atoms with van der Waals surface area (Å²) < 4.78 is 0. The van der Waals surface area contributed by atoms with Crippen LogP contribution in [0, 0.1) is 11.3 Å². The number of rotatable bonds is 3. The lowest BCUT2D eigenvalue weighted by molar-refractivity contribution is 0.0780. The zero-order valence-electron chi connectivity index (χ0n) is 9.83. The molecule has 0 aromatic carbocycles. The van der Waals surface area contributed by atoms with E-state index in [9.17, 15) is 4.79 Å². The standard InChI is InChI=1S/C13H11N3OS/c1-16(9-11-5-3-7-18-11)13(17)12-6-2-4-10(8-14)15-12/h2-7H,9H2,1H3. The molecule has 1 amide bonds. The molecule has 2 rings (SSSR count). The lowest BCUT2D eigenvalue weighted by Gasteiger charge is -2.15. The molecule has 0 aliphatic carbocycles. The fraction of sp³-hybridized carbons (Fsp3) is 0.154. The topological polar surface area (TPSA) is 57.0 Å². The van der Waals surface area contributed by atoms with Crippen molar-refractivity contribution >= 4 is 17.2 Å². The monoisotopic (exact) mass is 257 g/mol. The van der Waals surface area contributed by atoms with E-state index >= 15 is 0 Å². The molecule has 90 valence electrons. The molecule has 2 aromatic heterocycles. The summed E-state index contributed by atoms with van der Waals surface area (Å²) in [4.78, 5) is 18.8. The van der Waals surface area contributed by atoms with E-state index in [1.807, 2.05) is 23.6 Å². The Bertz CT molecular complexity index is 587. The molecular weight excluding hydrogens is 246 g/mol. The number of aromatic nitrogens is 1. The van der Waals surface area contributed by atoms with E-state index in [1.165, 1.54) is 0 Å². The highest BCUT2D eigenvalue weighted by Gasteiger charge is 2.14. The Labute approximate surface area is 109 Å². The molecule has 0 aliphatic rings. The summed E-state index contributed by atoms with van der Waals surface area (Å²) in [6.45, 7) is 0.551. The van der Waals surface area contributed by atoms with E-state index in [4.69, 9.17) is 5.26 Å². The van der Waals surface area contributed by atoms with Crippen molar-refractivity contribution in [3.05, 3.63) is 52.0 Å². The van der Waals surface area contributed by atoms with Crippen molar-refractivity contribution in [1.29, 1.82) is 5.26 Å². The van der Waals surface area contributed by atoms with Gasteiger partial charge in [-0.15, -0.1) is 11.3 Å². The summed E-state index contributed by atoms with van der Waals surface area (Å²) in [5, 5.41) is 10.7. The summed E-state index contributed by atoms with van der Waals surface area (Å²) in [7, 11) is 1.72. The fourth-order valence-corrected chi connectivity index (χ4v) is 2.28. The van der Waals surface area contributed by atoms with Gasteiger partial charge in [0.15, 0.2) is 0 Å². The molecule has 2 aromatic rings. The molecule has 0 bridgehead atoms. The van der Waals surface area contributed by atoms with Crippen molar-refractivity contribution in [3.8, 4) is 6.07 Å². The van der Waals surface area contributed by atoms with Gasteiger partial charge in [-0.2, -0.15) is 5.26 Å². The van der Waals surface area contributed by atoms with Gasteiger partial charge in [0.2, 0.25) is 0 Å². The molecule has 0 aliphatic heterocycles. The molecule has 0 radical (unpaired) electrons. The molecule has 0 fully saturated rings. The third kappa shape index (κ3) is 2.73. The van der Waals surface area contributed by atoms with Crippen LogP contribution >= 0.6 is 11.3 Å². The van der Waals surface area contributed by atoms with Gasteiger partial charge in [-0.1, -0.05) is 12.1 Å². The quantitative estimate of drug-likeness (QED) is 0.847. The van der Waals surface area contributed by atoms with Gasteiger partial charge in [-0.25, -0.2) is 4.98 Å². The van der Waals surface area contributed by atoms with Crippen molar-refractivity contribution < 1.29 is 4.79 Å². The van der Waals surface area contributed by atoms with Crippen molar-refractivity contribution in [2.45, 2.75) is 6.54 Å². The van der Waals surface area contributed by atoms with Gasteiger partial charge in [0, 0.05) is 11.9 Å². The molecule has 0 unspecified atom stereocenters. The number of nitriles is 1. The highest BCUT2D eigenvalue weighted by Crippen LogP contribution is 2.12. The van der Waals surface area contributed by atoms with Crippen LogP contribution in [-0.2, 0) is 6.54 Å². The van der Waals surface area contributed by atoms with Crippen LogP contribution in [0.4, 0.5) is 0 Å². The van der Waals surface area contributed by atoms with Crippen LogP contribution in [0.2, 0.25) is 0 Å². The summed E-state index contributed by atoms with van der Waals surface area (Å²) in [6.07, 6.45) is 0. The maximum absolute atomic E-state index is 12.1. The molecule has 0 saturated heterocycles. The van der Waals surface area contributed by atoms with Crippen molar-refractivity contribution in [2.75, 3.05) is 7.05 Å². The Kier molecular flexibility index (Phi) is 3.70. The fourth-order valence-electron chi connectivity index (χ4n) is 1.52. The van der Waals surface area contributed by atoms with Crippen LogP contribution in [0.1, 0.15) is 21.1 Å². The first-order valence-electron chi connectivity index (χ1n) is 5.35. The van der Waals surface area contributed by atoms with E-state index < -0.39 is 0 Å². The van der Waals surface area contributed by atoms with Crippen LogP contribution in [0.25, 0.3) is 0 Å². The summed E-state index contributed by atoms with van der Waals surface area (Å²) in [5.41, 5.74) is 0.554. The third-order valence-electron chi connectivity index (χ3n) is 2.40. The maximum atomic E-state index is 12.1. The van der Waals surface area contributed by atoms with Gasteiger partial charge in [0.1, 0.15) is 17.5 Å². The minimum absolute atomic E-state index is 0.180. The second-order valence-corrected chi connectivity index (χ2v) is 4.79. The zero-order chi connectivity index (χ0) is 13.0. The second-order valence-electron chi connectivity index (χ2n) is 3.76. The first-order chi connectivity index (χ1) is 8.70. The van der Waals surface area contributed by atoms with E-state index in [0.29, 0.717) is 12.2 Å². The number of carbonyl (C=O) groups excluding carboxylic acids is 1. The first kappa shape index (κ1) is 12.3. The highest BCUT2D eigenvalue weighted by molar-refractivity contribution is 7.09. The van der Waals surface area contributed by atoms with Gasteiger partial charge in [0.25, 0.3) is 5.91 Å². The summed E-state index contributed by atoms with van der Waals surface area (Å²) >= 11 is 1.60. The molecule has 4 nitrogen and oxygen atoms in total. The number of thiophene rings is 1. The predicted octanol–water partition coefficient (Wildman–Crippen LogP) is 2.29. The molecular formula is C13H11N3OS. The number of amides is 1. The molecule has 0 saturated carbocycles. The highest BCUT2D eigenvalue weighted by atomic mass is 32.1. The normalized spacial score (nSPS) is 9.78. The van der Waals surface area contributed by atoms with Gasteiger partial charge in [-0.3, -0.25) is 4.79 Å². The van der Waals surface area contributed by atoms with Crippen molar-refractivity contribution in [3.63, 3.8) is 0 Å². The third-order valence-corrected chi connectivity index (χ3v) is 3.26. The molecule has 5 heteroatoms. The van der Waals surface area contributed by atoms with E-state index in [1.54, 1.807) is 41.5 Å². The van der Waals surface area contributed by atoms with Crippen LogP contribution in [0.5, 0.6) is 0 Å². The Morgan fingerprint density at radius 2 is 2.28 bits per heavy atom. The average molecular weight is 257 g/mol. The molecule has 0 N–H and O–H groups in total. The number of hydrogen-bond acceptors (Lipinski definition) is 4. The van der Waals surface area contributed by atoms with E-state index in [0.717, 1.165) is 4.88 Å².